The van der Waals surface area contributed by atoms with E-state index in [1.807, 2.05) is 11.3 Å². The molecule has 0 amide bonds. The Hall–Kier alpha value is -8.58. The minimum absolute atomic E-state index is 0.00378. The number of hydrogen-bond acceptors (Lipinski definition) is 5. The molecule has 390 valence electrons. The minimum Gasteiger partial charge on any atom is -0.456 e. The van der Waals surface area contributed by atoms with Crippen LogP contribution in [-0.2, 0) is 16.2 Å². The van der Waals surface area contributed by atoms with E-state index in [1.54, 1.807) is 0 Å². The number of anilines is 9. The second-order valence-corrected chi connectivity index (χ2v) is 26.1. The highest BCUT2D eigenvalue weighted by molar-refractivity contribution is 7.33. The molecule has 0 N–H and O–H groups in total. The normalized spacial score (nSPS) is 13.2. The number of fused-ring (bicyclic) bond motifs is 9. The summed E-state index contributed by atoms with van der Waals surface area (Å²) in [7, 11) is 0. The van der Waals surface area contributed by atoms with Crippen LogP contribution in [0.5, 0.6) is 0 Å². The van der Waals surface area contributed by atoms with E-state index < -0.39 is 0 Å². The Labute approximate surface area is 475 Å². The molecule has 14 rings (SSSR count). The van der Waals surface area contributed by atoms with Crippen molar-refractivity contribution in [3.8, 4) is 22.3 Å². The van der Waals surface area contributed by atoms with Crippen LogP contribution in [0.3, 0.4) is 0 Å². The van der Waals surface area contributed by atoms with E-state index in [2.05, 4.69) is 301 Å². The molecular weight excluding hydrogens is 990 g/mol. The fourth-order valence-electron chi connectivity index (χ4n) is 12.5. The van der Waals surface area contributed by atoms with Gasteiger partial charge in [0.25, 0.3) is 6.71 Å². The van der Waals surface area contributed by atoms with E-state index in [9.17, 15) is 0 Å². The molecule has 0 saturated heterocycles. The Kier molecular flexibility index (Phi) is 11.5. The largest absolute Gasteiger partial charge is 0.456 e. The van der Waals surface area contributed by atoms with Crippen LogP contribution in [0.1, 0.15) is 79.0 Å². The van der Waals surface area contributed by atoms with Crippen LogP contribution in [0.25, 0.3) is 54.3 Å². The van der Waals surface area contributed by atoms with E-state index >= 15 is 0 Å². The summed E-state index contributed by atoms with van der Waals surface area (Å²) in [6.45, 7) is 20.7. The summed E-state index contributed by atoms with van der Waals surface area (Å²) in [6, 6.07) is 83.9. The van der Waals surface area contributed by atoms with E-state index in [0.717, 1.165) is 78.4 Å². The van der Waals surface area contributed by atoms with Gasteiger partial charge >= 0.3 is 0 Å². The third-order valence-electron chi connectivity index (χ3n) is 16.7. The number of para-hydroxylation sites is 2. The third-order valence-corrected chi connectivity index (χ3v) is 17.9. The quantitative estimate of drug-likeness (QED) is 0.148. The number of furan rings is 1. The number of nitrogens with zero attached hydrogens (tertiary/aromatic N) is 3. The van der Waals surface area contributed by atoms with Crippen LogP contribution in [0.4, 0.5) is 51.2 Å². The van der Waals surface area contributed by atoms with Crippen LogP contribution in [-0.4, -0.2) is 6.71 Å². The van der Waals surface area contributed by atoms with Crippen molar-refractivity contribution in [1.29, 1.82) is 0 Å². The van der Waals surface area contributed by atoms with Crippen molar-refractivity contribution >= 4 is 117 Å². The first-order valence-corrected chi connectivity index (χ1v) is 29.0. The zero-order chi connectivity index (χ0) is 54.8. The maximum atomic E-state index is 6.78. The molecule has 80 heavy (non-hydrogen) atoms. The number of thiophene rings is 1. The molecule has 10 aromatic carbocycles. The van der Waals surface area contributed by atoms with Crippen molar-refractivity contribution in [1.82, 2.24) is 0 Å². The summed E-state index contributed by atoms with van der Waals surface area (Å²) in [6.07, 6.45) is 0. The standard InChI is InChI=1S/C74H64BN3OS/c1-72(2,3)50-31-36-53(37-32-50)76(60-27-18-16-25-56(60)48-23-14-11-15-24-48)55-40-41-59-62(46-55)78(61-28-20-30-66-68(61)57-26-17-19-29-65(57)79-66)64-44-49(47-21-12-10-13-22-47)43-63-69(64)75(59)71-70(58-45-52(74(7,8)9)35-42-67(58)80-71)77(63)54-38-33-51(34-39-54)73(4,5)6/h10-46H,1-9H3. The molecule has 0 unspecified atom stereocenters. The molecule has 12 aromatic rings. The van der Waals surface area contributed by atoms with Crippen molar-refractivity contribution in [3.05, 3.63) is 241 Å². The molecule has 2 aliphatic rings. The fraction of sp³-hybridized carbons (Fsp3) is 0.162. The maximum absolute atomic E-state index is 6.78. The van der Waals surface area contributed by atoms with Crippen LogP contribution in [0.15, 0.2) is 229 Å². The summed E-state index contributed by atoms with van der Waals surface area (Å²) in [5.41, 5.74) is 23.0. The Morgan fingerprint density at radius 2 is 1.01 bits per heavy atom. The molecule has 0 fully saturated rings. The second-order valence-electron chi connectivity index (χ2n) is 25.0. The molecule has 0 saturated carbocycles. The second kappa shape index (κ2) is 18.5. The highest BCUT2D eigenvalue weighted by atomic mass is 32.1. The summed E-state index contributed by atoms with van der Waals surface area (Å²) >= 11 is 1.95. The molecule has 4 nitrogen and oxygen atoms in total. The lowest BCUT2D eigenvalue weighted by atomic mass is 9.36. The minimum atomic E-state index is -0.0999. The van der Waals surface area contributed by atoms with Crippen LogP contribution in [0.2, 0.25) is 0 Å². The van der Waals surface area contributed by atoms with Gasteiger partial charge in [0.05, 0.1) is 22.4 Å². The van der Waals surface area contributed by atoms with Crippen molar-refractivity contribution in [3.63, 3.8) is 0 Å². The zero-order valence-electron chi connectivity index (χ0n) is 47.1. The number of hydrogen-bond donors (Lipinski definition) is 0. The van der Waals surface area contributed by atoms with Gasteiger partial charge in [-0.15, -0.1) is 11.3 Å². The molecule has 6 heteroatoms. The van der Waals surface area contributed by atoms with Crippen molar-refractivity contribution in [2.24, 2.45) is 0 Å². The van der Waals surface area contributed by atoms with Crippen molar-refractivity contribution in [2.75, 3.05) is 14.7 Å². The van der Waals surface area contributed by atoms with Gasteiger partial charge in [-0.05, 0) is 145 Å². The smallest absolute Gasteiger partial charge is 0.264 e. The molecule has 0 radical (unpaired) electrons. The lowest BCUT2D eigenvalue weighted by molar-refractivity contribution is 0.590. The summed E-state index contributed by atoms with van der Waals surface area (Å²) < 4.78 is 9.41. The molecule has 0 spiro atoms. The number of benzene rings is 10. The zero-order valence-corrected chi connectivity index (χ0v) is 47.9. The Balaban J connectivity index is 1.11. The summed E-state index contributed by atoms with van der Waals surface area (Å²) in [5.74, 6) is 0. The average molecular weight is 1050 g/mol. The van der Waals surface area contributed by atoms with Gasteiger partial charge < -0.3 is 19.1 Å². The van der Waals surface area contributed by atoms with Gasteiger partial charge in [-0.1, -0.05) is 202 Å². The van der Waals surface area contributed by atoms with Gasteiger partial charge in [-0.3, -0.25) is 0 Å². The lowest BCUT2D eigenvalue weighted by Gasteiger charge is -2.44. The van der Waals surface area contributed by atoms with Crippen molar-refractivity contribution in [2.45, 2.75) is 78.6 Å². The Morgan fingerprint density at radius 3 is 1.71 bits per heavy atom. The van der Waals surface area contributed by atoms with E-state index in [-0.39, 0.29) is 23.0 Å². The Bertz CT molecular complexity index is 4360. The molecule has 2 aliphatic heterocycles. The molecule has 0 bridgehead atoms. The van der Waals surface area contributed by atoms with Gasteiger partial charge in [-0.25, -0.2) is 0 Å². The van der Waals surface area contributed by atoms with E-state index in [0.29, 0.717) is 0 Å². The van der Waals surface area contributed by atoms with Gasteiger partial charge in [0.2, 0.25) is 0 Å². The highest BCUT2D eigenvalue weighted by Crippen LogP contribution is 2.53. The fourth-order valence-corrected chi connectivity index (χ4v) is 13.8. The molecule has 2 aromatic heterocycles. The molecule has 0 atom stereocenters. The summed E-state index contributed by atoms with van der Waals surface area (Å²) in [5, 5.41) is 3.46. The van der Waals surface area contributed by atoms with E-state index in [4.69, 9.17) is 4.42 Å². The first-order chi connectivity index (χ1) is 38.6. The predicted octanol–water partition coefficient (Wildman–Crippen LogP) is 19.6. The Morgan fingerprint density at radius 1 is 0.425 bits per heavy atom. The SMILES string of the molecule is CC(C)(C)c1ccc(N(c2ccc3c(c2)N(c2cccc4oc5ccccc5c24)c2cc(-c4ccccc4)cc4c2B3c2sc3ccc(C(C)(C)C)cc3c2N4c2ccc(C(C)(C)C)cc2)c2ccccc2-c2ccccc2)cc1. The number of rotatable bonds is 7. The van der Waals surface area contributed by atoms with Gasteiger partial charge in [-0.2, -0.15) is 0 Å². The molecular formula is C74H64BN3OS. The van der Waals surface area contributed by atoms with Crippen LogP contribution < -0.4 is 30.4 Å². The topological polar surface area (TPSA) is 22.9 Å². The van der Waals surface area contributed by atoms with Gasteiger partial charge in [0.15, 0.2) is 0 Å². The van der Waals surface area contributed by atoms with Crippen LogP contribution >= 0.6 is 11.3 Å². The predicted molar refractivity (Wildman–Crippen MR) is 345 cm³/mol. The van der Waals surface area contributed by atoms with Crippen LogP contribution in [0, 0.1) is 0 Å². The van der Waals surface area contributed by atoms with Crippen molar-refractivity contribution < 1.29 is 4.42 Å². The average Bonchev–Trinajstić information content (AvgIpc) is 4.24. The maximum Gasteiger partial charge on any atom is 0.264 e. The monoisotopic (exact) mass is 1050 g/mol. The van der Waals surface area contributed by atoms with E-state index in [1.165, 1.54) is 59.4 Å². The first kappa shape index (κ1) is 49.7. The molecule has 4 heterocycles. The van der Waals surface area contributed by atoms with Gasteiger partial charge in [0, 0.05) is 59.9 Å². The lowest BCUT2D eigenvalue weighted by Crippen LogP contribution is -2.60. The third kappa shape index (κ3) is 8.17. The highest BCUT2D eigenvalue weighted by Gasteiger charge is 2.46. The first-order valence-electron chi connectivity index (χ1n) is 28.2. The van der Waals surface area contributed by atoms with Gasteiger partial charge in [0.1, 0.15) is 11.2 Å². The molecule has 0 aliphatic carbocycles. The summed E-state index contributed by atoms with van der Waals surface area (Å²) in [4.78, 5) is 7.68.